The molecule has 1 unspecified atom stereocenters. The molecule has 1 aliphatic heterocycles. The van der Waals surface area contributed by atoms with E-state index in [4.69, 9.17) is 5.73 Å². The Labute approximate surface area is 149 Å². The minimum Gasteiger partial charge on any atom is -0.456 e. The van der Waals surface area contributed by atoms with Gasteiger partial charge in [0.05, 0.1) is 6.04 Å². The summed E-state index contributed by atoms with van der Waals surface area (Å²) in [6.45, 7) is 4.45. The van der Waals surface area contributed by atoms with Gasteiger partial charge in [0, 0.05) is 19.6 Å². The molecule has 134 valence electrons. The Balaban J connectivity index is 1.67. The van der Waals surface area contributed by atoms with Gasteiger partial charge in [0.25, 0.3) is 0 Å². The maximum absolute atomic E-state index is 12.8. The molecule has 2 aromatic carbocycles. The number of nitrogens with zero attached hydrogens (tertiary/aromatic N) is 2. The van der Waals surface area contributed by atoms with Crippen molar-refractivity contribution in [3.63, 3.8) is 0 Å². The largest absolute Gasteiger partial charge is 0.456 e. The second kappa shape index (κ2) is 8.43. The third-order valence-electron chi connectivity index (χ3n) is 4.86. The zero-order chi connectivity index (χ0) is 17.6. The van der Waals surface area contributed by atoms with E-state index >= 15 is 0 Å². The molecule has 0 spiro atoms. The van der Waals surface area contributed by atoms with Gasteiger partial charge >= 0.3 is 0 Å². The Morgan fingerprint density at radius 1 is 1.20 bits per heavy atom. The maximum atomic E-state index is 12.8. The van der Waals surface area contributed by atoms with Crippen molar-refractivity contribution in [2.75, 3.05) is 32.7 Å². The van der Waals surface area contributed by atoms with Crippen LogP contribution in [0.1, 0.15) is 12.0 Å². The van der Waals surface area contributed by atoms with Crippen molar-refractivity contribution in [2.24, 2.45) is 5.73 Å². The van der Waals surface area contributed by atoms with Crippen LogP contribution in [0.25, 0.3) is 10.8 Å². The zero-order valence-corrected chi connectivity index (χ0v) is 14.7. The first kappa shape index (κ1) is 17.9. The van der Waals surface area contributed by atoms with Crippen LogP contribution in [-0.4, -0.2) is 54.5 Å². The summed E-state index contributed by atoms with van der Waals surface area (Å²) in [6, 6.07) is 14.3. The van der Waals surface area contributed by atoms with E-state index in [1.165, 1.54) is 10.8 Å². The third kappa shape index (κ3) is 4.37. The summed E-state index contributed by atoms with van der Waals surface area (Å²) in [5, 5.41) is 5.50. The van der Waals surface area contributed by atoms with Gasteiger partial charge in [-0.2, -0.15) is 0 Å². The molecule has 0 radical (unpaired) electrons. The van der Waals surface area contributed by atoms with Crippen molar-refractivity contribution >= 4 is 16.7 Å². The number of amides is 1. The van der Waals surface area contributed by atoms with E-state index in [9.17, 15) is 4.79 Å². The van der Waals surface area contributed by atoms with Gasteiger partial charge < -0.3 is 16.0 Å². The second-order valence-electron chi connectivity index (χ2n) is 6.63. The van der Waals surface area contributed by atoms with E-state index < -0.39 is 0 Å². The molecule has 25 heavy (non-hydrogen) atoms. The molecule has 1 atom stereocenters. The van der Waals surface area contributed by atoms with Gasteiger partial charge in [-0.15, -0.1) is 0 Å². The number of nitrogens with two attached hydrogens (primary N) is 1. The summed E-state index contributed by atoms with van der Waals surface area (Å²) in [7, 11) is 4.01. The van der Waals surface area contributed by atoms with Crippen LogP contribution in [-0.2, 0) is 11.3 Å². The van der Waals surface area contributed by atoms with E-state index in [1.54, 1.807) is 0 Å². The Hall–Kier alpha value is -1.95. The summed E-state index contributed by atoms with van der Waals surface area (Å²) in [6.07, 6.45) is 0.907. The lowest BCUT2D eigenvalue weighted by atomic mass is 10.0. The maximum Gasteiger partial charge on any atom is 0.238 e. The molecule has 1 aliphatic rings. The molecule has 0 aromatic heterocycles. The highest BCUT2D eigenvalue weighted by Crippen LogP contribution is 2.18. The average molecular weight is 339 g/mol. The molecule has 1 saturated heterocycles. The van der Waals surface area contributed by atoms with Crippen LogP contribution < -0.4 is 11.1 Å². The molecule has 1 amide bonds. The van der Waals surface area contributed by atoms with Crippen LogP contribution in [0.5, 0.6) is 0 Å². The number of piperazine rings is 1. The number of rotatable bonds is 6. The number of hydrogen-bond acceptors (Lipinski definition) is 4. The van der Waals surface area contributed by atoms with E-state index in [0.29, 0.717) is 19.6 Å². The number of nitrogens with one attached hydrogen (secondary N) is 1. The number of hydrogen-bond donors (Lipinski definition) is 2. The molecule has 0 aliphatic carbocycles. The normalized spacial score (nSPS) is 19.2. The highest BCUT2D eigenvalue weighted by atomic mass is 16.2. The van der Waals surface area contributed by atoms with Gasteiger partial charge in [-0.3, -0.25) is 16.7 Å². The van der Waals surface area contributed by atoms with E-state index in [2.05, 4.69) is 41.5 Å². The molecular formula is C20H27N4O-. The lowest BCUT2D eigenvalue weighted by molar-refractivity contribution is -0.128. The van der Waals surface area contributed by atoms with Crippen LogP contribution in [0.4, 0.5) is 0 Å². The fraction of sp³-hybridized carbons (Fsp3) is 0.400. The molecule has 0 saturated carbocycles. The quantitative estimate of drug-likeness (QED) is 0.785. The summed E-state index contributed by atoms with van der Waals surface area (Å²) in [5.74, 6) is 0.0679. The fourth-order valence-corrected chi connectivity index (χ4v) is 3.43. The molecule has 1 heterocycles. The Morgan fingerprint density at radius 3 is 2.84 bits per heavy atom. The molecule has 5 nitrogen and oxygen atoms in total. The molecule has 5 heteroatoms. The number of fused-ring (bicyclic) bond motifs is 1. The van der Waals surface area contributed by atoms with Gasteiger partial charge in [0.15, 0.2) is 0 Å². The predicted molar refractivity (Wildman–Crippen MR) is 102 cm³/mol. The lowest BCUT2D eigenvalue weighted by Gasteiger charge is -2.42. The number of carbonyl (C=O) groups excluding carboxylic acids is 1. The first-order valence-electron chi connectivity index (χ1n) is 8.93. The average Bonchev–Trinajstić information content (AvgIpc) is 2.65. The predicted octanol–water partition coefficient (Wildman–Crippen LogP) is 1.58. The minimum atomic E-state index is -0.159. The summed E-state index contributed by atoms with van der Waals surface area (Å²) < 4.78 is 0. The smallest absolute Gasteiger partial charge is 0.238 e. The molecule has 3 rings (SSSR count). The van der Waals surface area contributed by atoms with Crippen LogP contribution in [0.2, 0.25) is 0 Å². The standard InChI is InChI=1S/C20H27N4O/c1-23-12-13-24(11-5-10-21)19(15-23)20(25)22-14-17-8-4-7-16-6-2-3-9-18(16)17/h2-4,6-9,19H,1,5,10-15,21H2,(H,22,25)/q-1. The van der Waals surface area contributed by atoms with Gasteiger partial charge in [-0.25, -0.2) is 0 Å². The molecule has 0 bridgehead atoms. The molecule has 1 fully saturated rings. The third-order valence-corrected chi connectivity index (χ3v) is 4.86. The summed E-state index contributed by atoms with van der Waals surface area (Å²) in [5.41, 5.74) is 6.77. The van der Waals surface area contributed by atoms with E-state index in [-0.39, 0.29) is 11.9 Å². The monoisotopic (exact) mass is 339 g/mol. The summed E-state index contributed by atoms with van der Waals surface area (Å²) in [4.78, 5) is 17.0. The van der Waals surface area contributed by atoms with Crippen LogP contribution >= 0.6 is 0 Å². The Bertz CT molecular complexity index is 710. The number of benzene rings is 2. The van der Waals surface area contributed by atoms with Crippen LogP contribution in [0.15, 0.2) is 42.5 Å². The topological polar surface area (TPSA) is 61.6 Å². The van der Waals surface area contributed by atoms with Gasteiger partial charge in [0.2, 0.25) is 5.91 Å². The van der Waals surface area contributed by atoms with Crippen molar-refractivity contribution in [3.05, 3.63) is 55.1 Å². The Kier molecular flexibility index (Phi) is 6.02. The number of carbonyl (C=O) groups is 1. The first-order valence-corrected chi connectivity index (χ1v) is 8.93. The van der Waals surface area contributed by atoms with Gasteiger partial charge in [-0.05, 0) is 42.4 Å². The van der Waals surface area contributed by atoms with E-state index in [0.717, 1.165) is 31.6 Å². The van der Waals surface area contributed by atoms with Crippen molar-refractivity contribution in [1.29, 1.82) is 0 Å². The summed E-state index contributed by atoms with van der Waals surface area (Å²) >= 11 is 0. The fourth-order valence-electron chi connectivity index (χ4n) is 3.43. The minimum absolute atomic E-state index is 0.0679. The zero-order valence-electron chi connectivity index (χ0n) is 14.7. The van der Waals surface area contributed by atoms with Crippen molar-refractivity contribution in [1.82, 2.24) is 15.1 Å². The van der Waals surface area contributed by atoms with Crippen LogP contribution in [0.3, 0.4) is 0 Å². The molecular weight excluding hydrogens is 312 g/mol. The Morgan fingerprint density at radius 2 is 2.00 bits per heavy atom. The van der Waals surface area contributed by atoms with Gasteiger partial charge in [-0.1, -0.05) is 42.5 Å². The second-order valence-corrected chi connectivity index (χ2v) is 6.63. The van der Waals surface area contributed by atoms with Crippen molar-refractivity contribution < 1.29 is 4.79 Å². The van der Waals surface area contributed by atoms with Crippen molar-refractivity contribution in [3.8, 4) is 0 Å². The SMILES string of the molecule is [CH2-]N1CCN(CCCN)C(C(=O)NCc2cccc3ccccc23)C1. The highest BCUT2D eigenvalue weighted by molar-refractivity contribution is 5.87. The molecule has 3 N–H and O–H groups in total. The molecule has 2 aromatic rings. The van der Waals surface area contributed by atoms with Crippen LogP contribution in [0, 0.1) is 7.05 Å². The van der Waals surface area contributed by atoms with Crippen molar-refractivity contribution in [2.45, 2.75) is 19.0 Å². The van der Waals surface area contributed by atoms with Gasteiger partial charge in [0.1, 0.15) is 0 Å². The lowest BCUT2D eigenvalue weighted by Crippen LogP contribution is -2.57. The van der Waals surface area contributed by atoms with E-state index in [1.807, 2.05) is 23.1 Å². The first-order chi connectivity index (χ1) is 12.2. The highest BCUT2D eigenvalue weighted by Gasteiger charge is 2.28.